The predicted molar refractivity (Wildman–Crippen MR) is 145 cm³/mol. The van der Waals surface area contributed by atoms with Crippen LogP contribution in [0.15, 0.2) is 79.0 Å². The lowest BCUT2D eigenvalue weighted by Crippen LogP contribution is -2.41. The van der Waals surface area contributed by atoms with E-state index < -0.39 is 0 Å². The minimum atomic E-state index is -0.0831. The van der Waals surface area contributed by atoms with E-state index in [1.54, 1.807) is 16.9 Å². The van der Waals surface area contributed by atoms with Crippen LogP contribution in [0.3, 0.4) is 0 Å². The molecule has 1 fully saturated rings. The van der Waals surface area contributed by atoms with Gasteiger partial charge < -0.3 is 19.3 Å². The Morgan fingerprint density at radius 1 is 1.05 bits per heavy atom. The van der Waals surface area contributed by atoms with Gasteiger partial charge in [0.1, 0.15) is 6.61 Å². The van der Waals surface area contributed by atoms with Gasteiger partial charge in [0.25, 0.3) is 0 Å². The number of pyridine rings is 1. The van der Waals surface area contributed by atoms with Crippen molar-refractivity contribution >= 4 is 22.7 Å². The molecule has 1 aromatic heterocycles. The van der Waals surface area contributed by atoms with Gasteiger partial charge in [0.05, 0.1) is 25.7 Å². The Balaban J connectivity index is 1.23. The molecule has 0 bridgehead atoms. The fourth-order valence-corrected chi connectivity index (χ4v) is 5.38. The van der Waals surface area contributed by atoms with E-state index in [-0.39, 0.29) is 24.3 Å². The van der Waals surface area contributed by atoms with Crippen LogP contribution >= 0.6 is 0 Å². The molecule has 7 heteroatoms. The van der Waals surface area contributed by atoms with Gasteiger partial charge in [0, 0.05) is 48.1 Å². The molecule has 1 unspecified atom stereocenters. The Morgan fingerprint density at radius 2 is 1.87 bits per heavy atom. The largest absolute Gasteiger partial charge is 0.493 e. The maximum Gasteiger partial charge on any atom is 0.242 e. The first-order chi connectivity index (χ1) is 18.6. The van der Waals surface area contributed by atoms with Crippen LogP contribution in [0.2, 0.25) is 0 Å². The molecule has 0 radical (unpaired) electrons. The van der Waals surface area contributed by atoms with Crippen molar-refractivity contribution < 1.29 is 19.1 Å². The predicted octanol–water partition coefficient (Wildman–Crippen LogP) is 4.65. The highest BCUT2D eigenvalue weighted by Crippen LogP contribution is 2.39. The lowest BCUT2D eigenvalue weighted by atomic mass is 9.99. The number of fused-ring (bicyclic) bond motifs is 2. The highest BCUT2D eigenvalue weighted by atomic mass is 16.5. The van der Waals surface area contributed by atoms with Gasteiger partial charge in [-0.15, -0.1) is 0 Å². The number of hydrogen-bond acceptors (Lipinski definition) is 5. The highest BCUT2D eigenvalue weighted by Gasteiger charge is 2.33. The summed E-state index contributed by atoms with van der Waals surface area (Å²) in [6.45, 7) is 1.80. The minimum absolute atomic E-state index is 0.0198. The van der Waals surface area contributed by atoms with Crippen molar-refractivity contribution in [3.8, 4) is 22.6 Å². The van der Waals surface area contributed by atoms with Crippen LogP contribution in [0.1, 0.15) is 23.5 Å². The third kappa shape index (κ3) is 4.67. The molecule has 7 nitrogen and oxygen atoms in total. The second-order valence-corrected chi connectivity index (χ2v) is 9.83. The Kier molecular flexibility index (Phi) is 6.42. The summed E-state index contributed by atoms with van der Waals surface area (Å²) in [5, 5.41) is 1.05. The number of rotatable bonds is 5. The van der Waals surface area contributed by atoms with E-state index in [0.717, 1.165) is 33.2 Å². The molecular weight excluding hydrogens is 478 g/mol. The normalized spacial score (nSPS) is 17.2. The third-order valence-corrected chi connectivity index (χ3v) is 7.41. The smallest absolute Gasteiger partial charge is 0.242 e. The van der Waals surface area contributed by atoms with Crippen molar-refractivity contribution in [3.63, 3.8) is 0 Å². The fraction of sp³-hybridized carbons (Fsp3) is 0.258. The van der Waals surface area contributed by atoms with Crippen LogP contribution in [0, 0.1) is 0 Å². The van der Waals surface area contributed by atoms with Crippen molar-refractivity contribution in [1.82, 2.24) is 14.8 Å². The number of likely N-dealkylation sites (tertiary alicyclic amines) is 1. The van der Waals surface area contributed by atoms with Gasteiger partial charge >= 0.3 is 0 Å². The first kappa shape index (κ1) is 24.0. The second-order valence-electron chi connectivity index (χ2n) is 9.83. The number of para-hydroxylation sites is 1. The van der Waals surface area contributed by atoms with Crippen molar-refractivity contribution in [2.75, 3.05) is 33.4 Å². The van der Waals surface area contributed by atoms with Crippen LogP contribution in [0.5, 0.6) is 11.5 Å². The van der Waals surface area contributed by atoms with E-state index in [2.05, 4.69) is 11.1 Å². The average molecular weight is 508 g/mol. The number of amides is 2. The summed E-state index contributed by atoms with van der Waals surface area (Å²) in [6, 6.07) is 24.1. The fourth-order valence-electron chi connectivity index (χ4n) is 5.38. The van der Waals surface area contributed by atoms with Crippen molar-refractivity contribution in [2.45, 2.75) is 18.9 Å². The Bertz CT molecular complexity index is 1500. The number of ether oxygens (including phenoxy) is 2. The van der Waals surface area contributed by atoms with Crippen molar-refractivity contribution in [2.24, 2.45) is 0 Å². The van der Waals surface area contributed by atoms with Gasteiger partial charge in [0.15, 0.2) is 11.5 Å². The molecule has 0 spiro atoms. The Morgan fingerprint density at radius 3 is 2.71 bits per heavy atom. The van der Waals surface area contributed by atoms with E-state index in [4.69, 9.17) is 9.47 Å². The molecule has 0 N–H and O–H groups in total. The van der Waals surface area contributed by atoms with Gasteiger partial charge in [-0.1, -0.05) is 48.5 Å². The number of methoxy groups -OCH3 is 1. The molecule has 2 aliphatic rings. The zero-order chi connectivity index (χ0) is 26.1. The molecule has 3 heterocycles. The van der Waals surface area contributed by atoms with Gasteiger partial charge in [-0.05, 0) is 35.4 Å². The van der Waals surface area contributed by atoms with Crippen LogP contribution in [0.25, 0.3) is 22.0 Å². The molecular formula is C31H29N3O4. The van der Waals surface area contributed by atoms with Gasteiger partial charge in [-0.25, -0.2) is 0 Å². The van der Waals surface area contributed by atoms with Gasteiger partial charge in [-0.3, -0.25) is 14.6 Å². The van der Waals surface area contributed by atoms with Gasteiger partial charge in [0.2, 0.25) is 11.8 Å². The molecule has 38 heavy (non-hydrogen) atoms. The first-order valence-corrected chi connectivity index (χ1v) is 12.9. The minimum Gasteiger partial charge on any atom is -0.493 e. The molecule has 3 aromatic carbocycles. The summed E-state index contributed by atoms with van der Waals surface area (Å²) in [4.78, 5) is 34.2. The summed E-state index contributed by atoms with van der Waals surface area (Å²) in [5.41, 5.74) is 4.84. The zero-order valence-corrected chi connectivity index (χ0v) is 21.3. The number of aromatic nitrogens is 1. The zero-order valence-electron chi connectivity index (χ0n) is 21.3. The van der Waals surface area contributed by atoms with E-state index in [1.165, 1.54) is 0 Å². The molecule has 192 valence electrons. The Hall–Kier alpha value is -4.39. The quantitative estimate of drug-likeness (QED) is 0.393. The Labute approximate surface area is 221 Å². The summed E-state index contributed by atoms with van der Waals surface area (Å²) in [7, 11) is 1.62. The van der Waals surface area contributed by atoms with Crippen LogP contribution in [-0.4, -0.2) is 59.9 Å². The van der Waals surface area contributed by atoms with E-state index in [9.17, 15) is 9.59 Å². The lowest BCUT2D eigenvalue weighted by Gasteiger charge is -2.24. The van der Waals surface area contributed by atoms with Crippen LogP contribution < -0.4 is 9.47 Å². The number of carbonyl (C=O) groups is 2. The molecule has 0 aliphatic carbocycles. The molecule has 2 amide bonds. The maximum absolute atomic E-state index is 13.4. The number of hydrogen-bond donors (Lipinski definition) is 0. The average Bonchev–Trinajstić information content (AvgIpc) is 3.18. The van der Waals surface area contributed by atoms with Crippen LogP contribution in [-0.2, 0) is 16.1 Å². The molecule has 2 aliphatic heterocycles. The van der Waals surface area contributed by atoms with Crippen LogP contribution in [0.4, 0.5) is 0 Å². The standard InChI is InChI=1S/C31H29N3O4/c1-37-28-15-23(24-13-22-9-5-6-10-27(22)32-17-24)14-26-19-33(11-12-38-31(26)28)30(36)20-34-18-25(16-29(34)35)21-7-3-2-4-8-21/h2-10,13-15,17,25H,11-12,16,18-20H2,1H3. The van der Waals surface area contributed by atoms with E-state index in [1.807, 2.05) is 72.9 Å². The second kappa shape index (κ2) is 10.2. The summed E-state index contributed by atoms with van der Waals surface area (Å²) in [6.07, 6.45) is 2.29. The molecule has 6 rings (SSSR count). The summed E-state index contributed by atoms with van der Waals surface area (Å²) < 4.78 is 11.8. The van der Waals surface area contributed by atoms with E-state index in [0.29, 0.717) is 44.2 Å². The number of nitrogens with zero attached hydrogens (tertiary/aromatic N) is 3. The lowest BCUT2D eigenvalue weighted by molar-refractivity contribution is -0.138. The monoisotopic (exact) mass is 507 g/mol. The third-order valence-electron chi connectivity index (χ3n) is 7.41. The van der Waals surface area contributed by atoms with Crippen molar-refractivity contribution in [3.05, 3.63) is 90.1 Å². The number of carbonyl (C=O) groups excluding carboxylic acids is 2. The van der Waals surface area contributed by atoms with Crippen molar-refractivity contribution in [1.29, 1.82) is 0 Å². The summed E-state index contributed by atoms with van der Waals surface area (Å²) in [5.74, 6) is 1.33. The SMILES string of the molecule is COc1cc(-c2cnc3ccccc3c2)cc2c1OCCN(C(=O)CN1CC(c3ccccc3)CC1=O)C2. The topological polar surface area (TPSA) is 72.0 Å². The maximum atomic E-state index is 13.4. The molecule has 4 aromatic rings. The highest BCUT2D eigenvalue weighted by molar-refractivity contribution is 5.87. The van der Waals surface area contributed by atoms with Gasteiger partial charge in [-0.2, -0.15) is 0 Å². The first-order valence-electron chi connectivity index (χ1n) is 12.9. The molecule has 1 saturated heterocycles. The molecule has 0 saturated carbocycles. The van der Waals surface area contributed by atoms with E-state index >= 15 is 0 Å². The summed E-state index contributed by atoms with van der Waals surface area (Å²) >= 11 is 0. The number of benzene rings is 3. The molecule has 1 atom stereocenters.